The summed E-state index contributed by atoms with van der Waals surface area (Å²) >= 11 is 0. The van der Waals surface area contributed by atoms with Gasteiger partial charge in [0, 0.05) is 11.8 Å². The average Bonchev–Trinajstić information content (AvgIpc) is 2.50. The molecule has 0 amide bonds. The monoisotopic (exact) mass is 214 g/mol. The number of aryl methyl sites for hydroxylation is 1. The van der Waals surface area contributed by atoms with Crippen LogP contribution in [0.2, 0.25) is 0 Å². The first kappa shape index (κ1) is 9.39. The van der Waals surface area contributed by atoms with E-state index in [-0.39, 0.29) is 10.7 Å². The van der Waals surface area contributed by atoms with Crippen LogP contribution in [0.1, 0.15) is 17.7 Å². The second-order valence-corrected chi connectivity index (χ2v) is 5.35. The highest BCUT2D eigenvalue weighted by atomic mass is 32.2. The summed E-state index contributed by atoms with van der Waals surface area (Å²) in [7, 11) is -3.41. The highest BCUT2D eigenvalue weighted by molar-refractivity contribution is 7.90. The average molecular weight is 214 g/mol. The predicted octanol–water partition coefficient (Wildman–Crippen LogP) is -0.338. The molecule has 0 spiro atoms. The van der Waals surface area contributed by atoms with Crippen molar-refractivity contribution >= 4 is 9.84 Å². The van der Waals surface area contributed by atoms with Crippen LogP contribution in [0.3, 0.4) is 0 Å². The topological polar surface area (TPSA) is 79.9 Å². The smallest absolute Gasteiger partial charge is 0.255 e. The highest BCUT2D eigenvalue weighted by Crippen LogP contribution is 2.16. The minimum atomic E-state index is -3.41. The van der Waals surface area contributed by atoms with Gasteiger partial charge in [0.15, 0.2) is 0 Å². The van der Waals surface area contributed by atoms with Crippen molar-refractivity contribution in [2.75, 3.05) is 6.26 Å². The van der Waals surface area contributed by atoms with E-state index in [2.05, 4.69) is 9.97 Å². The van der Waals surface area contributed by atoms with E-state index in [1.807, 2.05) is 0 Å². The Hall–Kier alpha value is -1.17. The fraction of sp³-hybridized carbons (Fsp3) is 0.500. The number of hydrogen-bond donors (Lipinski definition) is 1. The Bertz CT molecular complexity index is 530. The first-order chi connectivity index (χ1) is 6.48. The van der Waals surface area contributed by atoms with Crippen LogP contribution < -0.4 is 5.56 Å². The molecule has 0 saturated heterocycles. The molecule has 0 fully saturated rings. The molecule has 1 aromatic rings. The predicted molar refractivity (Wildman–Crippen MR) is 50.0 cm³/mol. The Kier molecular flexibility index (Phi) is 1.95. The van der Waals surface area contributed by atoms with E-state index >= 15 is 0 Å². The molecule has 0 aliphatic heterocycles. The lowest BCUT2D eigenvalue weighted by Crippen LogP contribution is -2.19. The van der Waals surface area contributed by atoms with Gasteiger partial charge in [-0.05, 0) is 19.3 Å². The number of aromatic nitrogens is 2. The summed E-state index contributed by atoms with van der Waals surface area (Å²) in [5.41, 5.74) is 0.958. The van der Waals surface area contributed by atoms with Crippen LogP contribution in [0.5, 0.6) is 0 Å². The highest BCUT2D eigenvalue weighted by Gasteiger charge is 2.20. The van der Waals surface area contributed by atoms with Crippen LogP contribution in [0.25, 0.3) is 0 Å². The Morgan fingerprint density at radius 1 is 1.36 bits per heavy atom. The van der Waals surface area contributed by atoms with Crippen LogP contribution in [0, 0.1) is 0 Å². The Balaban J connectivity index is 2.70. The van der Waals surface area contributed by atoms with E-state index in [9.17, 15) is 13.2 Å². The van der Waals surface area contributed by atoms with E-state index in [1.54, 1.807) is 0 Å². The minimum Gasteiger partial charge on any atom is -0.297 e. The van der Waals surface area contributed by atoms with Gasteiger partial charge in [0.25, 0.3) is 5.56 Å². The molecule has 1 aliphatic carbocycles. The van der Waals surface area contributed by atoms with E-state index in [4.69, 9.17) is 0 Å². The molecule has 5 nitrogen and oxygen atoms in total. The van der Waals surface area contributed by atoms with Crippen molar-refractivity contribution in [3.63, 3.8) is 0 Å². The number of nitrogens with one attached hydrogen (secondary N) is 1. The van der Waals surface area contributed by atoms with Crippen molar-refractivity contribution in [1.29, 1.82) is 0 Å². The lowest BCUT2D eigenvalue weighted by atomic mass is 10.3. The van der Waals surface area contributed by atoms with Gasteiger partial charge in [0.2, 0.25) is 15.0 Å². The van der Waals surface area contributed by atoms with Gasteiger partial charge in [-0.15, -0.1) is 0 Å². The summed E-state index contributed by atoms with van der Waals surface area (Å²) < 4.78 is 22.3. The third-order valence-corrected chi connectivity index (χ3v) is 3.17. The first-order valence-corrected chi connectivity index (χ1v) is 6.20. The van der Waals surface area contributed by atoms with Gasteiger partial charge in [-0.25, -0.2) is 13.4 Å². The van der Waals surface area contributed by atoms with Gasteiger partial charge in [-0.3, -0.25) is 9.78 Å². The fourth-order valence-electron chi connectivity index (χ4n) is 1.59. The van der Waals surface area contributed by atoms with Crippen LogP contribution in [0.15, 0.2) is 9.95 Å². The Morgan fingerprint density at radius 3 is 2.71 bits per heavy atom. The molecule has 1 heterocycles. The van der Waals surface area contributed by atoms with E-state index in [0.717, 1.165) is 12.7 Å². The molecule has 1 aliphatic rings. The molecule has 14 heavy (non-hydrogen) atoms. The largest absolute Gasteiger partial charge is 0.297 e. The zero-order valence-corrected chi connectivity index (χ0v) is 8.52. The summed E-state index contributed by atoms with van der Waals surface area (Å²) in [5, 5.41) is -0.219. The summed E-state index contributed by atoms with van der Waals surface area (Å²) in [6.07, 6.45) is 3.30. The lowest BCUT2D eigenvalue weighted by Gasteiger charge is -2.00. The van der Waals surface area contributed by atoms with Crippen LogP contribution in [0.4, 0.5) is 0 Å². The first-order valence-electron chi connectivity index (χ1n) is 4.30. The summed E-state index contributed by atoms with van der Waals surface area (Å²) in [4.78, 5) is 17.7. The van der Waals surface area contributed by atoms with Gasteiger partial charge in [0.1, 0.15) is 0 Å². The van der Waals surface area contributed by atoms with Gasteiger partial charge in [-0.1, -0.05) is 0 Å². The maximum absolute atomic E-state index is 11.4. The number of aromatic amines is 1. The third-order valence-electron chi connectivity index (χ3n) is 2.27. The van der Waals surface area contributed by atoms with Gasteiger partial charge >= 0.3 is 0 Å². The van der Waals surface area contributed by atoms with Crippen molar-refractivity contribution in [1.82, 2.24) is 9.97 Å². The maximum atomic E-state index is 11.4. The number of fused-ring (bicyclic) bond motifs is 1. The van der Waals surface area contributed by atoms with Crippen LogP contribution >= 0.6 is 0 Å². The zero-order valence-electron chi connectivity index (χ0n) is 7.70. The summed E-state index contributed by atoms with van der Waals surface area (Å²) in [6.45, 7) is 0. The Morgan fingerprint density at radius 2 is 2.07 bits per heavy atom. The molecule has 2 rings (SSSR count). The van der Waals surface area contributed by atoms with Crippen molar-refractivity contribution in [3.05, 3.63) is 21.6 Å². The Labute approximate surface area is 81.1 Å². The third kappa shape index (κ3) is 1.45. The summed E-state index contributed by atoms with van der Waals surface area (Å²) in [6, 6.07) is 0. The van der Waals surface area contributed by atoms with E-state index in [1.165, 1.54) is 0 Å². The van der Waals surface area contributed by atoms with Gasteiger partial charge < -0.3 is 0 Å². The summed E-state index contributed by atoms with van der Waals surface area (Å²) in [5.74, 6) is 0. The molecule has 0 radical (unpaired) electrons. The molecule has 1 N–H and O–H groups in total. The van der Waals surface area contributed by atoms with E-state index in [0.29, 0.717) is 24.1 Å². The molecule has 0 aromatic carbocycles. The van der Waals surface area contributed by atoms with Crippen LogP contribution in [-0.4, -0.2) is 24.6 Å². The molecule has 0 bridgehead atoms. The quantitative estimate of drug-likeness (QED) is 0.649. The molecule has 0 unspecified atom stereocenters. The lowest BCUT2D eigenvalue weighted by molar-refractivity contribution is 0.591. The minimum absolute atomic E-state index is 0.219. The molecule has 0 atom stereocenters. The molecule has 76 valence electrons. The van der Waals surface area contributed by atoms with Crippen molar-refractivity contribution in [3.8, 4) is 0 Å². The molecule has 1 aromatic heterocycles. The SMILES string of the molecule is CS(=O)(=O)c1nc2c(c(=O)[nH]1)CCC2. The van der Waals surface area contributed by atoms with Crippen molar-refractivity contribution in [2.24, 2.45) is 0 Å². The number of H-pyrrole nitrogens is 1. The van der Waals surface area contributed by atoms with Crippen LogP contribution in [-0.2, 0) is 22.7 Å². The fourth-order valence-corrected chi connectivity index (χ4v) is 2.15. The molecule has 6 heteroatoms. The zero-order chi connectivity index (χ0) is 10.3. The number of sulfone groups is 1. The number of nitrogens with zero attached hydrogens (tertiary/aromatic N) is 1. The standard InChI is InChI=1S/C8H10N2O3S/c1-14(12,13)8-9-6-4-2-3-5(6)7(11)10-8/h2-4H2,1H3,(H,9,10,11). The number of rotatable bonds is 1. The molecular weight excluding hydrogens is 204 g/mol. The van der Waals surface area contributed by atoms with Gasteiger partial charge in [0.05, 0.1) is 5.69 Å². The second-order valence-electron chi connectivity index (χ2n) is 3.42. The maximum Gasteiger partial charge on any atom is 0.255 e. The second kappa shape index (κ2) is 2.91. The van der Waals surface area contributed by atoms with Gasteiger partial charge in [-0.2, -0.15) is 0 Å². The molecular formula is C8H10N2O3S. The molecule has 0 saturated carbocycles. The van der Waals surface area contributed by atoms with Crippen molar-refractivity contribution in [2.45, 2.75) is 24.4 Å². The van der Waals surface area contributed by atoms with Crippen molar-refractivity contribution < 1.29 is 8.42 Å². The number of hydrogen-bond acceptors (Lipinski definition) is 4. The van der Waals surface area contributed by atoms with E-state index < -0.39 is 9.84 Å². The normalized spacial score (nSPS) is 15.5.